The van der Waals surface area contributed by atoms with E-state index < -0.39 is 10.1 Å². The van der Waals surface area contributed by atoms with E-state index in [1.54, 1.807) is 24.4 Å². The molecule has 0 fully saturated rings. The van der Waals surface area contributed by atoms with E-state index in [1.807, 2.05) is 18.2 Å². The molecule has 1 N–H and O–H groups in total. The summed E-state index contributed by atoms with van der Waals surface area (Å²) in [5.41, 5.74) is 3.07. The number of nitrogens with zero attached hydrogens (tertiary/aromatic N) is 2. The van der Waals surface area contributed by atoms with Gasteiger partial charge in [0.05, 0.1) is 11.4 Å². The van der Waals surface area contributed by atoms with Gasteiger partial charge in [-0.05, 0) is 59.8 Å². The van der Waals surface area contributed by atoms with E-state index in [2.05, 4.69) is 29.9 Å². The van der Waals surface area contributed by atoms with Gasteiger partial charge in [-0.3, -0.25) is 14.5 Å². The van der Waals surface area contributed by atoms with Crippen molar-refractivity contribution in [2.24, 2.45) is 9.98 Å². The Balaban J connectivity index is 0.00000312. The molecule has 0 heterocycles. The van der Waals surface area contributed by atoms with Crippen molar-refractivity contribution in [3.8, 4) is 0 Å². The monoisotopic (exact) mass is 356 g/mol. The van der Waals surface area contributed by atoms with Crippen LogP contribution < -0.4 is 0 Å². The Morgan fingerprint density at radius 1 is 0.960 bits per heavy atom. The van der Waals surface area contributed by atoms with E-state index in [-0.39, 0.29) is 18.0 Å². The van der Waals surface area contributed by atoms with Crippen molar-refractivity contribution < 1.29 is 13.0 Å². The summed E-state index contributed by atoms with van der Waals surface area (Å²) >= 11 is 0. The lowest BCUT2D eigenvalue weighted by molar-refractivity contribution is 0.483. The van der Waals surface area contributed by atoms with Gasteiger partial charge in [0.25, 0.3) is 10.1 Å². The average molecular weight is 356 g/mol. The van der Waals surface area contributed by atoms with Gasteiger partial charge in [0.15, 0.2) is 0 Å². The number of aliphatic imine (C=N–C) groups is 2. The molecule has 0 spiro atoms. The first-order chi connectivity index (χ1) is 11.4. The molecule has 0 aromatic heterocycles. The fourth-order valence-corrected chi connectivity index (χ4v) is 2.75. The molecule has 0 radical (unpaired) electrons. The molecule has 0 atom stereocenters. The summed E-state index contributed by atoms with van der Waals surface area (Å²) in [7, 11) is -4.41. The molecule has 0 saturated heterocycles. The molecule has 2 aromatic carbocycles. The Morgan fingerprint density at radius 2 is 1.52 bits per heavy atom. The summed E-state index contributed by atoms with van der Waals surface area (Å²) in [6.07, 6.45) is 5.01. The van der Waals surface area contributed by atoms with Gasteiger partial charge >= 0.3 is 0 Å². The number of hydrogen-bond donors (Lipinski definition) is 1. The fraction of sp³-hybridized carbons (Fsp3) is 0.0526. The minimum Gasteiger partial charge on any atom is -0.282 e. The summed E-state index contributed by atoms with van der Waals surface area (Å²) < 4.78 is 32.1. The molecule has 2 rings (SSSR count). The molecule has 0 aliphatic heterocycles. The van der Waals surface area contributed by atoms with E-state index >= 15 is 0 Å². The predicted molar refractivity (Wildman–Crippen MR) is 106 cm³/mol. The maximum atomic E-state index is 11.4. The first-order valence-electron chi connectivity index (χ1n) is 6.89. The second-order valence-corrected chi connectivity index (χ2v) is 6.27. The summed E-state index contributed by atoms with van der Waals surface area (Å²) in [6.45, 7) is 10.8. The van der Waals surface area contributed by atoms with Crippen LogP contribution in [-0.2, 0) is 10.1 Å². The van der Waals surface area contributed by atoms with Crippen molar-refractivity contribution in [1.82, 2.24) is 0 Å². The molecule has 0 amide bonds. The Morgan fingerprint density at radius 3 is 2.00 bits per heavy atom. The maximum absolute atomic E-state index is 11.4. The fourth-order valence-electron chi connectivity index (χ4n) is 2.08. The molecule has 0 bridgehead atoms. The summed E-state index contributed by atoms with van der Waals surface area (Å²) in [6, 6.07) is 9.94. The number of hydrogen-bond acceptors (Lipinski definition) is 4. The van der Waals surface area contributed by atoms with Crippen molar-refractivity contribution in [3.05, 3.63) is 66.2 Å². The van der Waals surface area contributed by atoms with Gasteiger partial charge < -0.3 is 0 Å². The van der Waals surface area contributed by atoms with Gasteiger partial charge in [-0.1, -0.05) is 32.7 Å². The second kappa shape index (κ2) is 8.32. The first kappa shape index (κ1) is 20.2. The second-order valence-electron chi connectivity index (χ2n) is 4.88. The van der Waals surface area contributed by atoms with Crippen LogP contribution in [0.2, 0.25) is 0 Å². The van der Waals surface area contributed by atoms with Crippen LogP contribution in [-0.4, -0.2) is 25.9 Å². The lowest BCUT2D eigenvalue weighted by Crippen LogP contribution is -1.98. The Hall–Kier alpha value is -2.83. The first-order valence-corrected chi connectivity index (χ1v) is 8.33. The minimum absolute atomic E-state index is 0. The third-order valence-corrected chi connectivity index (χ3v) is 4.11. The Kier molecular flexibility index (Phi) is 6.73. The summed E-state index contributed by atoms with van der Waals surface area (Å²) in [5, 5.41) is 0. The number of benzene rings is 2. The zero-order valence-electron chi connectivity index (χ0n) is 12.9. The van der Waals surface area contributed by atoms with Crippen LogP contribution in [0.15, 0.2) is 64.4 Å². The molecular weight excluding hydrogens is 336 g/mol. The smallest absolute Gasteiger partial charge is 0.282 e. The molecule has 130 valence electrons. The van der Waals surface area contributed by atoms with Crippen LogP contribution in [0.4, 0.5) is 11.4 Å². The van der Waals surface area contributed by atoms with Crippen LogP contribution in [0.1, 0.15) is 24.1 Å². The van der Waals surface area contributed by atoms with E-state index in [0.717, 1.165) is 16.7 Å². The van der Waals surface area contributed by atoms with Crippen LogP contribution in [0.3, 0.4) is 0 Å². The maximum Gasteiger partial charge on any atom is 0.296 e. The third kappa shape index (κ3) is 5.07. The normalized spacial score (nSPS) is 10.9. The minimum atomic E-state index is -4.41. The van der Waals surface area contributed by atoms with E-state index in [1.165, 1.54) is 12.1 Å². The lowest BCUT2D eigenvalue weighted by atomic mass is 10.1. The molecule has 2 aromatic rings. The topological polar surface area (TPSA) is 79.1 Å². The van der Waals surface area contributed by atoms with Gasteiger partial charge in [0.1, 0.15) is 4.90 Å². The van der Waals surface area contributed by atoms with Crippen LogP contribution in [0, 0.1) is 0 Å². The zero-order valence-corrected chi connectivity index (χ0v) is 13.7. The molecule has 25 heavy (non-hydrogen) atoms. The van der Waals surface area contributed by atoms with E-state index in [0.29, 0.717) is 5.69 Å². The van der Waals surface area contributed by atoms with Gasteiger partial charge in [0.2, 0.25) is 0 Å². The van der Waals surface area contributed by atoms with Gasteiger partial charge in [-0.25, -0.2) is 0 Å². The Labute approximate surface area is 148 Å². The summed E-state index contributed by atoms with van der Waals surface area (Å²) in [4.78, 5) is 7.49. The largest absolute Gasteiger partial charge is 0.296 e. The van der Waals surface area contributed by atoms with E-state index in [4.69, 9.17) is 0 Å². The highest BCUT2D eigenvalue weighted by atomic mass is 32.2. The highest BCUT2D eigenvalue weighted by molar-refractivity contribution is 7.86. The van der Waals surface area contributed by atoms with Crippen molar-refractivity contribution in [3.63, 3.8) is 0 Å². The molecule has 0 aliphatic rings. The van der Waals surface area contributed by atoms with Crippen molar-refractivity contribution in [2.45, 2.75) is 12.3 Å². The predicted octanol–water partition coefficient (Wildman–Crippen LogP) is 4.94. The summed E-state index contributed by atoms with van der Waals surface area (Å²) in [5.74, 6) is 0. The third-order valence-electron chi connectivity index (χ3n) is 3.23. The molecular formula is C19H20N2O3S. The molecule has 5 nitrogen and oxygen atoms in total. The lowest BCUT2D eigenvalue weighted by Gasteiger charge is -2.04. The van der Waals surface area contributed by atoms with Crippen molar-refractivity contribution >= 4 is 46.6 Å². The molecule has 0 unspecified atom stereocenters. The zero-order chi connectivity index (χ0) is 17.7. The molecule has 6 heteroatoms. The van der Waals surface area contributed by atoms with Crippen LogP contribution in [0.25, 0.3) is 12.2 Å². The van der Waals surface area contributed by atoms with Gasteiger partial charge in [-0.15, -0.1) is 0 Å². The van der Waals surface area contributed by atoms with Crippen molar-refractivity contribution in [1.29, 1.82) is 0 Å². The van der Waals surface area contributed by atoms with Crippen molar-refractivity contribution in [2.75, 3.05) is 0 Å². The number of rotatable bonds is 6. The standard InChI is InChI=1S/C18H16N2O3S.CH4/c1-4-13-8-14(5-2)10-15(9-13)12-20-16-6-7-17(19-3)18(11-16)24(21,22)23;/h4-12H,1-3H2,(H,21,22,23);1H4. The average Bonchev–Trinajstić information content (AvgIpc) is 2.58. The molecule has 0 aliphatic carbocycles. The molecule has 0 saturated carbocycles. The SMILES string of the molecule is C.C=Cc1cc(C=C)cc(C=Nc2ccc(N=C)c(S(=O)(=O)O)c2)c1. The van der Waals surface area contributed by atoms with Gasteiger partial charge in [0, 0.05) is 6.21 Å². The van der Waals surface area contributed by atoms with Gasteiger partial charge in [-0.2, -0.15) is 8.42 Å². The van der Waals surface area contributed by atoms with Crippen LogP contribution >= 0.6 is 0 Å². The Bertz CT molecular complexity index is 919. The highest BCUT2D eigenvalue weighted by Crippen LogP contribution is 2.28. The highest BCUT2D eigenvalue weighted by Gasteiger charge is 2.15. The van der Waals surface area contributed by atoms with Crippen LogP contribution in [0.5, 0.6) is 0 Å². The van der Waals surface area contributed by atoms with E-state index in [9.17, 15) is 13.0 Å². The quantitative estimate of drug-likeness (QED) is 0.588.